The number of hydrogen-bond acceptors (Lipinski definition) is 6. The summed E-state index contributed by atoms with van der Waals surface area (Å²) in [7, 11) is -1.26. The standard InChI is InChI=1S/C11H17N3O5S.ClH/c1-8(7-12)13(2)20(17,18)11-6-9(14(15)16)4-5-10(11)19-3;/h4-6,8H,7,12H2,1-3H3;1H. The molecule has 0 aliphatic heterocycles. The molecule has 0 saturated carbocycles. The third-order valence-corrected chi connectivity index (χ3v) is 4.97. The Morgan fingerprint density at radius 1 is 1.48 bits per heavy atom. The predicted octanol–water partition coefficient (Wildman–Crippen LogP) is 0.993. The lowest BCUT2D eigenvalue weighted by atomic mass is 10.3. The molecule has 21 heavy (non-hydrogen) atoms. The molecule has 2 N–H and O–H groups in total. The number of benzene rings is 1. The topological polar surface area (TPSA) is 116 Å². The van der Waals surface area contributed by atoms with Crippen molar-refractivity contribution < 1.29 is 18.1 Å². The number of nitro benzene ring substituents is 1. The average molecular weight is 340 g/mol. The van der Waals surface area contributed by atoms with Crippen molar-refractivity contribution in [3.63, 3.8) is 0 Å². The second-order valence-corrected chi connectivity index (χ2v) is 6.16. The van der Waals surface area contributed by atoms with Gasteiger partial charge in [0.15, 0.2) is 0 Å². The minimum Gasteiger partial charge on any atom is -0.495 e. The highest BCUT2D eigenvalue weighted by Gasteiger charge is 2.29. The Kier molecular flexibility index (Phi) is 7.04. The van der Waals surface area contributed by atoms with E-state index in [-0.39, 0.29) is 35.3 Å². The first-order valence-electron chi connectivity index (χ1n) is 5.76. The van der Waals surface area contributed by atoms with Gasteiger partial charge in [-0.15, -0.1) is 12.4 Å². The summed E-state index contributed by atoms with van der Waals surface area (Å²) in [5.41, 5.74) is 5.13. The fraction of sp³-hybridized carbons (Fsp3) is 0.455. The molecule has 1 atom stereocenters. The van der Waals surface area contributed by atoms with Crippen LogP contribution in [0.5, 0.6) is 5.75 Å². The number of nitro groups is 1. The van der Waals surface area contributed by atoms with Crippen LogP contribution in [0.25, 0.3) is 0 Å². The molecule has 0 amide bonds. The number of nitrogens with two attached hydrogens (primary N) is 1. The van der Waals surface area contributed by atoms with Crippen LogP contribution in [0.3, 0.4) is 0 Å². The van der Waals surface area contributed by atoms with E-state index in [2.05, 4.69) is 0 Å². The number of methoxy groups -OCH3 is 1. The number of halogens is 1. The maximum atomic E-state index is 12.5. The van der Waals surface area contributed by atoms with Gasteiger partial charge in [-0.3, -0.25) is 10.1 Å². The molecule has 120 valence electrons. The van der Waals surface area contributed by atoms with Crippen molar-refractivity contribution in [2.45, 2.75) is 17.9 Å². The van der Waals surface area contributed by atoms with Crippen LogP contribution in [-0.2, 0) is 10.0 Å². The third kappa shape index (κ3) is 4.03. The molecule has 1 aromatic rings. The summed E-state index contributed by atoms with van der Waals surface area (Å²) in [5.74, 6) is 0.0478. The Labute approximate surface area is 129 Å². The molecular weight excluding hydrogens is 322 g/mol. The highest BCUT2D eigenvalue weighted by atomic mass is 35.5. The fourth-order valence-corrected chi connectivity index (χ4v) is 3.07. The lowest BCUT2D eigenvalue weighted by Gasteiger charge is -2.23. The quantitative estimate of drug-likeness (QED) is 0.610. The van der Waals surface area contributed by atoms with E-state index in [1.165, 1.54) is 26.3 Å². The SMILES string of the molecule is COc1ccc([N+](=O)[O-])cc1S(=O)(=O)N(C)C(C)CN.Cl. The molecular formula is C11H18ClN3O5S. The van der Waals surface area contributed by atoms with Crippen molar-refractivity contribution in [3.8, 4) is 5.75 Å². The summed E-state index contributed by atoms with van der Waals surface area (Å²) < 4.78 is 30.9. The molecule has 0 heterocycles. The summed E-state index contributed by atoms with van der Waals surface area (Å²) in [6, 6.07) is 2.98. The van der Waals surface area contributed by atoms with E-state index in [1.54, 1.807) is 6.92 Å². The Morgan fingerprint density at radius 2 is 2.05 bits per heavy atom. The van der Waals surface area contributed by atoms with Gasteiger partial charge in [0.25, 0.3) is 5.69 Å². The maximum Gasteiger partial charge on any atom is 0.271 e. The molecule has 0 aromatic heterocycles. The van der Waals surface area contributed by atoms with Crippen molar-refractivity contribution in [3.05, 3.63) is 28.3 Å². The maximum absolute atomic E-state index is 12.5. The van der Waals surface area contributed by atoms with Crippen molar-refractivity contribution in [2.75, 3.05) is 20.7 Å². The molecule has 0 aliphatic carbocycles. The van der Waals surface area contributed by atoms with Crippen LogP contribution in [0.4, 0.5) is 5.69 Å². The molecule has 0 radical (unpaired) electrons. The van der Waals surface area contributed by atoms with Gasteiger partial charge in [-0.1, -0.05) is 0 Å². The van der Waals surface area contributed by atoms with E-state index in [0.29, 0.717) is 0 Å². The molecule has 0 saturated heterocycles. The van der Waals surface area contributed by atoms with E-state index < -0.39 is 21.0 Å². The highest BCUT2D eigenvalue weighted by molar-refractivity contribution is 7.89. The number of rotatable bonds is 6. The second-order valence-electron chi connectivity index (χ2n) is 4.20. The number of likely N-dealkylation sites (N-methyl/N-ethyl adjacent to an activating group) is 1. The number of hydrogen-bond donors (Lipinski definition) is 1. The Hall–Kier alpha value is -1.42. The molecule has 8 nitrogen and oxygen atoms in total. The molecule has 1 aromatic carbocycles. The molecule has 0 fully saturated rings. The lowest BCUT2D eigenvalue weighted by molar-refractivity contribution is -0.385. The summed E-state index contributed by atoms with van der Waals surface area (Å²) >= 11 is 0. The van der Waals surface area contributed by atoms with Gasteiger partial charge in [-0.25, -0.2) is 8.42 Å². The Balaban J connectivity index is 0.00000400. The number of ether oxygens (including phenoxy) is 1. The first-order chi connectivity index (χ1) is 9.25. The summed E-state index contributed by atoms with van der Waals surface area (Å²) in [6.07, 6.45) is 0. The van der Waals surface area contributed by atoms with Crippen molar-refractivity contribution in [1.82, 2.24) is 4.31 Å². The van der Waals surface area contributed by atoms with Gasteiger partial charge in [0.05, 0.1) is 12.0 Å². The average Bonchev–Trinajstić information content (AvgIpc) is 2.44. The summed E-state index contributed by atoms with van der Waals surface area (Å²) in [5, 5.41) is 10.8. The van der Waals surface area contributed by atoms with Gasteiger partial charge in [0.2, 0.25) is 10.0 Å². The normalized spacial score (nSPS) is 12.6. The van der Waals surface area contributed by atoms with E-state index >= 15 is 0 Å². The van der Waals surface area contributed by atoms with Crippen LogP contribution >= 0.6 is 12.4 Å². The van der Waals surface area contributed by atoms with Crippen molar-refractivity contribution >= 4 is 28.1 Å². The van der Waals surface area contributed by atoms with Gasteiger partial charge in [0, 0.05) is 31.8 Å². The molecule has 0 bridgehead atoms. The highest BCUT2D eigenvalue weighted by Crippen LogP contribution is 2.30. The Morgan fingerprint density at radius 3 is 2.48 bits per heavy atom. The zero-order valence-corrected chi connectivity index (χ0v) is 13.5. The largest absolute Gasteiger partial charge is 0.495 e. The van der Waals surface area contributed by atoms with Crippen LogP contribution in [0.15, 0.2) is 23.1 Å². The number of non-ortho nitro benzene ring substituents is 1. The van der Waals surface area contributed by atoms with Gasteiger partial charge >= 0.3 is 0 Å². The van der Waals surface area contributed by atoms with Gasteiger partial charge < -0.3 is 10.5 Å². The minimum atomic E-state index is -3.93. The second kappa shape index (κ2) is 7.55. The van der Waals surface area contributed by atoms with Gasteiger partial charge in [-0.05, 0) is 13.0 Å². The van der Waals surface area contributed by atoms with Crippen LogP contribution in [0.1, 0.15) is 6.92 Å². The number of nitrogens with zero attached hydrogens (tertiary/aromatic N) is 2. The Bertz CT molecular complexity index is 608. The van der Waals surface area contributed by atoms with Gasteiger partial charge in [0.1, 0.15) is 10.6 Å². The first-order valence-corrected chi connectivity index (χ1v) is 7.20. The molecule has 1 rings (SSSR count). The summed E-state index contributed by atoms with van der Waals surface area (Å²) in [6.45, 7) is 1.77. The van der Waals surface area contributed by atoms with Crippen molar-refractivity contribution in [1.29, 1.82) is 0 Å². The van der Waals surface area contributed by atoms with Crippen LogP contribution in [0, 0.1) is 10.1 Å². The minimum absolute atomic E-state index is 0. The van der Waals surface area contributed by atoms with E-state index in [1.807, 2.05) is 0 Å². The first kappa shape index (κ1) is 19.6. The molecule has 10 heteroatoms. The molecule has 0 spiro atoms. The van der Waals surface area contributed by atoms with E-state index in [0.717, 1.165) is 10.4 Å². The molecule has 1 unspecified atom stereocenters. The van der Waals surface area contributed by atoms with E-state index in [4.69, 9.17) is 10.5 Å². The zero-order valence-electron chi connectivity index (χ0n) is 11.8. The fourth-order valence-electron chi connectivity index (χ4n) is 1.52. The smallest absolute Gasteiger partial charge is 0.271 e. The van der Waals surface area contributed by atoms with Gasteiger partial charge in [-0.2, -0.15) is 4.31 Å². The molecule has 0 aliphatic rings. The summed E-state index contributed by atoms with van der Waals surface area (Å²) in [4.78, 5) is 9.86. The van der Waals surface area contributed by atoms with Crippen molar-refractivity contribution in [2.24, 2.45) is 5.73 Å². The van der Waals surface area contributed by atoms with E-state index in [9.17, 15) is 18.5 Å². The van der Waals surface area contributed by atoms with Crippen LogP contribution < -0.4 is 10.5 Å². The zero-order chi connectivity index (χ0) is 15.5. The lowest BCUT2D eigenvalue weighted by Crippen LogP contribution is -2.39. The third-order valence-electron chi connectivity index (χ3n) is 2.98. The van der Waals surface area contributed by atoms with Crippen LogP contribution in [-0.4, -0.2) is 44.4 Å². The number of sulfonamides is 1. The predicted molar refractivity (Wildman–Crippen MR) is 80.4 cm³/mol. The monoisotopic (exact) mass is 339 g/mol. The van der Waals surface area contributed by atoms with Crippen LogP contribution in [0.2, 0.25) is 0 Å².